The van der Waals surface area contributed by atoms with Gasteiger partial charge in [0.25, 0.3) is 0 Å². The van der Waals surface area contributed by atoms with Crippen LogP contribution in [-0.2, 0) is 11.3 Å². The molecular formula is C29H26N4O2. The van der Waals surface area contributed by atoms with Gasteiger partial charge in [0.1, 0.15) is 16.9 Å². The average molecular weight is 463 g/mol. The minimum Gasteiger partial charge on any atom is -0.464 e. The number of carbonyl (C=O) groups excluding carboxylic acids is 1. The fourth-order valence-corrected chi connectivity index (χ4v) is 5.34. The first kappa shape index (κ1) is 20.4. The van der Waals surface area contributed by atoms with E-state index >= 15 is 0 Å². The number of pyridine rings is 1. The summed E-state index contributed by atoms with van der Waals surface area (Å²) in [6, 6.07) is 20.8. The van der Waals surface area contributed by atoms with Gasteiger partial charge >= 0.3 is 0 Å². The molecule has 1 aliphatic carbocycles. The van der Waals surface area contributed by atoms with E-state index in [-0.39, 0.29) is 5.92 Å². The molecule has 5 aromatic rings. The molecule has 2 fully saturated rings. The van der Waals surface area contributed by atoms with Crippen molar-refractivity contribution in [3.8, 4) is 22.5 Å². The zero-order valence-corrected chi connectivity index (χ0v) is 19.4. The van der Waals surface area contributed by atoms with Crippen LogP contribution in [0.25, 0.3) is 44.6 Å². The van der Waals surface area contributed by atoms with Crippen molar-refractivity contribution in [2.75, 3.05) is 13.1 Å². The summed E-state index contributed by atoms with van der Waals surface area (Å²) in [6.45, 7) is 2.51. The standard InChI is InChI=1S/C29H26N4O2/c34-29(22-7-8-22)32-14-11-19(17-32)18-33-27(31-25-2-1-13-30-28(25)33)21-5-3-20(4-6-21)23-9-10-26-24(16-23)12-15-35-26/h1-6,9-10,12-13,15-16,19,22H,7-8,11,14,17-18H2/t19-/m1/s1. The third kappa shape index (κ3) is 3.70. The topological polar surface area (TPSA) is 64.2 Å². The number of carbonyl (C=O) groups is 1. The van der Waals surface area contributed by atoms with Gasteiger partial charge in [-0.15, -0.1) is 0 Å². The monoisotopic (exact) mass is 462 g/mol. The van der Waals surface area contributed by atoms with Crippen LogP contribution in [-0.4, -0.2) is 38.4 Å². The summed E-state index contributed by atoms with van der Waals surface area (Å²) in [5.41, 5.74) is 6.09. The van der Waals surface area contributed by atoms with E-state index in [1.54, 1.807) is 6.26 Å². The lowest BCUT2D eigenvalue weighted by Crippen LogP contribution is -2.30. The smallest absolute Gasteiger partial charge is 0.225 e. The maximum Gasteiger partial charge on any atom is 0.225 e. The summed E-state index contributed by atoms with van der Waals surface area (Å²) >= 11 is 0. The minimum atomic E-state index is 0.285. The SMILES string of the molecule is O=C(C1CC1)N1CC[C@@H](Cn2c(-c3ccc(-c4ccc5occc5c4)cc3)nc3cccnc32)C1. The third-order valence-corrected chi connectivity index (χ3v) is 7.40. The van der Waals surface area contributed by atoms with Gasteiger partial charge in [-0.2, -0.15) is 0 Å². The molecule has 2 aromatic carbocycles. The maximum atomic E-state index is 12.6. The number of likely N-dealkylation sites (tertiary alicyclic amines) is 1. The fraction of sp³-hybridized carbons (Fsp3) is 0.276. The van der Waals surface area contributed by atoms with E-state index in [4.69, 9.17) is 9.40 Å². The first-order valence-electron chi connectivity index (χ1n) is 12.4. The second kappa shape index (κ2) is 8.08. The second-order valence-corrected chi connectivity index (χ2v) is 9.86. The second-order valence-electron chi connectivity index (χ2n) is 9.86. The molecule has 6 heteroatoms. The highest BCUT2D eigenvalue weighted by molar-refractivity contribution is 5.84. The van der Waals surface area contributed by atoms with Crippen LogP contribution < -0.4 is 0 Å². The Morgan fingerprint density at radius 3 is 2.66 bits per heavy atom. The minimum absolute atomic E-state index is 0.285. The summed E-state index contributed by atoms with van der Waals surface area (Å²) in [4.78, 5) is 24.2. The van der Waals surface area contributed by atoms with Crippen molar-refractivity contribution in [1.82, 2.24) is 19.4 Å². The van der Waals surface area contributed by atoms with E-state index in [9.17, 15) is 4.79 Å². The summed E-state index contributed by atoms with van der Waals surface area (Å²) < 4.78 is 7.73. The average Bonchev–Trinajstić information content (AvgIpc) is 3.30. The number of rotatable bonds is 5. The maximum absolute atomic E-state index is 12.6. The van der Waals surface area contributed by atoms with E-state index in [0.717, 1.165) is 83.5 Å². The number of nitrogens with zero attached hydrogens (tertiary/aromatic N) is 4. The highest BCUT2D eigenvalue weighted by Gasteiger charge is 2.36. The van der Waals surface area contributed by atoms with E-state index in [0.29, 0.717) is 11.8 Å². The Kier molecular flexibility index (Phi) is 4.72. The van der Waals surface area contributed by atoms with Crippen molar-refractivity contribution >= 4 is 28.0 Å². The summed E-state index contributed by atoms with van der Waals surface area (Å²) in [5.74, 6) is 1.98. The molecule has 174 valence electrons. The first-order chi connectivity index (χ1) is 17.2. The van der Waals surface area contributed by atoms with Crippen molar-refractivity contribution in [3.05, 3.63) is 73.1 Å². The molecule has 0 radical (unpaired) electrons. The molecule has 35 heavy (non-hydrogen) atoms. The molecule has 4 heterocycles. The molecule has 2 aliphatic rings. The van der Waals surface area contributed by atoms with Gasteiger partial charge in [-0.3, -0.25) is 4.79 Å². The number of fused-ring (bicyclic) bond motifs is 2. The van der Waals surface area contributed by atoms with Gasteiger partial charge < -0.3 is 13.9 Å². The molecule has 1 atom stereocenters. The first-order valence-corrected chi connectivity index (χ1v) is 12.4. The quantitative estimate of drug-likeness (QED) is 0.333. The summed E-state index contributed by atoms with van der Waals surface area (Å²) in [7, 11) is 0. The fourth-order valence-electron chi connectivity index (χ4n) is 5.34. The Labute approximate surface area is 203 Å². The van der Waals surface area contributed by atoms with Gasteiger partial charge in [0.2, 0.25) is 5.91 Å². The van der Waals surface area contributed by atoms with Crippen LogP contribution in [0.3, 0.4) is 0 Å². The summed E-state index contributed by atoms with van der Waals surface area (Å²) in [6.07, 6.45) is 6.70. The zero-order valence-electron chi connectivity index (χ0n) is 19.4. The van der Waals surface area contributed by atoms with E-state index < -0.39 is 0 Å². The Bertz CT molecular complexity index is 1540. The molecular weight excluding hydrogens is 436 g/mol. The van der Waals surface area contributed by atoms with Crippen LogP contribution in [0.2, 0.25) is 0 Å². The van der Waals surface area contributed by atoms with Crippen LogP contribution in [0.5, 0.6) is 0 Å². The normalized spacial score (nSPS) is 18.1. The van der Waals surface area contributed by atoms with Crippen molar-refractivity contribution in [1.29, 1.82) is 0 Å². The molecule has 1 aliphatic heterocycles. The molecule has 1 saturated carbocycles. The number of benzene rings is 2. The van der Waals surface area contributed by atoms with Crippen molar-refractivity contribution in [3.63, 3.8) is 0 Å². The van der Waals surface area contributed by atoms with Crippen LogP contribution >= 0.6 is 0 Å². The predicted molar refractivity (Wildman–Crippen MR) is 136 cm³/mol. The van der Waals surface area contributed by atoms with Gasteiger partial charge in [0.15, 0.2) is 5.65 Å². The van der Waals surface area contributed by atoms with Gasteiger partial charge in [0.05, 0.1) is 6.26 Å². The van der Waals surface area contributed by atoms with Crippen LogP contribution in [0.1, 0.15) is 19.3 Å². The van der Waals surface area contributed by atoms with Crippen LogP contribution in [0.4, 0.5) is 0 Å². The van der Waals surface area contributed by atoms with E-state index in [1.807, 2.05) is 30.5 Å². The molecule has 0 unspecified atom stereocenters. The highest BCUT2D eigenvalue weighted by atomic mass is 16.3. The van der Waals surface area contributed by atoms with Gasteiger partial charge in [-0.25, -0.2) is 9.97 Å². The number of imidazole rings is 1. The number of hydrogen-bond donors (Lipinski definition) is 0. The van der Waals surface area contributed by atoms with Crippen LogP contribution in [0, 0.1) is 11.8 Å². The molecule has 0 bridgehead atoms. The molecule has 1 saturated heterocycles. The zero-order chi connectivity index (χ0) is 23.4. The largest absolute Gasteiger partial charge is 0.464 e. The highest BCUT2D eigenvalue weighted by Crippen LogP contribution is 2.34. The Morgan fingerprint density at radius 2 is 1.80 bits per heavy atom. The van der Waals surface area contributed by atoms with Crippen molar-refractivity contribution in [2.24, 2.45) is 11.8 Å². The Balaban J connectivity index is 1.19. The molecule has 0 N–H and O–H groups in total. The van der Waals surface area contributed by atoms with E-state index in [1.165, 1.54) is 0 Å². The van der Waals surface area contributed by atoms with Gasteiger partial charge in [-0.05, 0) is 66.6 Å². The van der Waals surface area contributed by atoms with Crippen molar-refractivity contribution in [2.45, 2.75) is 25.8 Å². The van der Waals surface area contributed by atoms with Crippen LogP contribution in [0.15, 0.2) is 77.5 Å². The molecule has 3 aromatic heterocycles. The molecule has 6 nitrogen and oxygen atoms in total. The van der Waals surface area contributed by atoms with E-state index in [2.05, 4.69) is 50.8 Å². The molecule has 1 amide bonds. The van der Waals surface area contributed by atoms with Gasteiger partial charge in [-0.1, -0.05) is 30.3 Å². The lowest BCUT2D eigenvalue weighted by atomic mass is 10.0. The third-order valence-electron chi connectivity index (χ3n) is 7.40. The lowest BCUT2D eigenvalue weighted by molar-refractivity contribution is -0.131. The lowest BCUT2D eigenvalue weighted by Gasteiger charge is -2.17. The Hall–Kier alpha value is -3.93. The van der Waals surface area contributed by atoms with Gasteiger partial charge in [0, 0.05) is 42.7 Å². The number of aromatic nitrogens is 3. The number of hydrogen-bond acceptors (Lipinski definition) is 4. The molecule has 7 rings (SSSR count). The van der Waals surface area contributed by atoms with Crippen molar-refractivity contribution < 1.29 is 9.21 Å². The summed E-state index contributed by atoms with van der Waals surface area (Å²) in [5, 5.41) is 1.10. The Morgan fingerprint density at radius 1 is 0.971 bits per heavy atom. The predicted octanol–water partition coefficient (Wildman–Crippen LogP) is 5.77. The number of amides is 1. The number of furan rings is 1. The molecule has 0 spiro atoms.